The molecule has 2 atom stereocenters. The van der Waals surface area contributed by atoms with E-state index in [4.69, 9.17) is 19.5 Å². The number of fused-ring (bicyclic) bond motifs is 1. The van der Waals surface area contributed by atoms with E-state index in [2.05, 4.69) is 0 Å². The van der Waals surface area contributed by atoms with Crippen LogP contribution in [0, 0.1) is 5.92 Å². The molecule has 5 nitrogen and oxygen atoms in total. The molecule has 0 amide bonds. The van der Waals surface area contributed by atoms with E-state index in [1.165, 1.54) is 25.2 Å². The molecule has 1 aliphatic carbocycles. The molecular formula is C13H16BFO5. The van der Waals surface area contributed by atoms with Crippen LogP contribution in [0.3, 0.4) is 0 Å². The number of cyclic esters (lactones) is 1. The lowest BCUT2D eigenvalue weighted by atomic mass is 9.80. The Bertz CT molecular complexity index is 515. The number of hydrogen-bond donors (Lipinski definition) is 2. The average Bonchev–Trinajstić information content (AvgIpc) is 2.24. The van der Waals surface area contributed by atoms with Gasteiger partial charge in [0.25, 0.3) is 0 Å². The van der Waals surface area contributed by atoms with Crippen LogP contribution < -0.4 is 0 Å². The van der Waals surface area contributed by atoms with E-state index in [1.54, 1.807) is 13.8 Å². The maximum atomic E-state index is 14.5. The third-order valence-electron chi connectivity index (χ3n) is 3.09. The Labute approximate surface area is 116 Å². The summed E-state index contributed by atoms with van der Waals surface area (Å²) in [6.45, 7) is 4.35. The van der Waals surface area contributed by atoms with Crippen molar-refractivity contribution < 1.29 is 28.7 Å². The van der Waals surface area contributed by atoms with Crippen molar-refractivity contribution in [1.29, 1.82) is 0 Å². The number of rotatable bonds is 2. The van der Waals surface area contributed by atoms with Crippen molar-refractivity contribution in [3.63, 3.8) is 0 Å². The third-order valence-corrected chi connectivity index (χ3v) is 3.09. The first-order valence-corrected chi connectivity index (χ1v) is 6.21. The minimum atomic E-state index is -1.92. The third kappa shape index (κ3) is 2.78. The summed E-state index contributed by atoms with van der Waals surface area (Å²) in [6.07, 6.45) is 4.04. The van der Waals surface area contributed by atoms with Crippen LogP contribution in [-0.4, -0.2) is 34.6 Å². The highest BCUT2D eigenvalue weighted by Crippen LogP contribution is 2.43. The maximum Gasteiger partial charge on any atom is 0.480 e. The number of esters is 1. The summed E-state index contributed by atoms with van der Waals surface area (Å²) in [4.78, 5) is 12.0. The average molecular weight is 282 g/mol. The molecule has 20 heavy (non-hydrogen) atoms. The molecule has 0 aromatic rings. The van der Waals surface area contributed by atoms with E-state index in [0.717, 1.165) is 5.98 Å². The quantitative estimate of drug-likeness (QED) is 0.584. The number of hydrogen-bond acceptors (Lipinski definition) is 5. The van der Waals surface area contributed by atoms with Crippen molar-refractivity contribution >= 4 is 13.1 Å². The van der Waals surface area contributed by atoms with Crippen molar-refractivity contribution in [2.45, 2.75) is 32.2 Å². The lowest BCUT2D eigenvalue weighted by Crippen LogP contribution is -2.49. The summed E-state index contributed by atoms with van der Waals surface area (Å²) in [5.41, 5.74) is -1.51. The summed E-state index contributed by atoms with van der Waals surface area (Å²) in [7, 11) is -1.64. The van der Waals surface area contributed by atoms with Crippen molar-refractivity contribution in [2.75, 3.05) is 0 Å². The molecule has 1 heterocycles. The zero-order valence-corrected chi connectivity index (χ0v) is 11.5. The van der Waals surface area contributed by atoms with E-state index in [-0.39, 0.29) is 5.76 Å². The lowest BCUT2D eigenvalue weighted by molar-refractivity contribution is -0.234. The number of ether oxygens (including phenoxy) is 2. The Kier molecular flexibility index (Phi) is 3.52. The van der Waals surface area contributed by atoms with Gasteiger partial charge in [-0.05, 0) is 13.0 Å². The highest BCUT2D eigenvalue weighted by atomic mass is 19.1. The first-order chi connectivity index (χ1) is 9.12. The van der Waals surface area contributed by atoms with Gasteiger partial charge in [-0.2, -0.15) is 0 Å². The molecule has 1 aliphatic heterocycles. The van der Waals surface area contributed by atoms with Crippen LogP contribution in [0.2, 0.25) is 0 Å². The zero-order valence-electron chi connectivity index (χ0n) is 11.5. The fourth-order valence-electron chi connectivity index (χ4n) is 2.22. The van der Waals surface area contributed by atoms with Gasteiger partial charge in [0.1, 0.15) is 11.4 Å². The molecular weight excluding hydrogens is 266 g/mol. The van der Waals surface area contributed by atoms with Crippen LogP contribution in [0.5, 0.6) is 0 Å². The molecule has 0 radical (unpaired) electrons. The van der Waals surface area contributed by atoms with Crippen molar-refractivity contribution in [3.05, 3.63) is 35.5 Å². The molecule has 2 aliphatic rings. The normalized spacial score (nSPS) is 31.9. The van der Waals surface area contributed by atoms with Gasteiger partial charge >= 0.3 is 13.1 Å². The van der Waals surface area contributed by atoms with Crippen LogP contribution in [0.1, 0.15) is 20.8 Å². The largest absolute Gasteiger partial charge is 0.480 e. The molecule has 0 saturated carbocycles. The van der Waals surface area contributed by atoms with Gasteiger partial charge in [-0.15, -0.1) is 0 Å². The predicted octanol–water partition coefficient (Wildman–Crippen LogP) is 1.03. The Morgan fingerprint density at radius 3 is 2.60 bits per heavy atom. The van der Waals surface area contributed by atoms with Gasteiger partial charge in [-0.25, -0.2) is 4.39 Å². The van der Waals surface area contributed by atoms with E-state index in [1.807, 2.05) is 0 Å². The fourth-order valence-corrected chi connectivity index (χ4v) is 2.22. The molecule has 2 unspecified atom stereocenters. The summed E-state index contributed by atoms with van der Waals surface area (Å²) >= 11 is 0. The minimum absolute atomic E-state index is 0.135. The monoisotopic (exact) mass is 282 g/mol. The van der Waals surface area contributed by atoms with E-state index >= 15 is 0 Å². The summed E-state index contributed by atoms with van der Waals surface area (Å²) in [5, 5.41) is 17.7. The number of carbonyl (C=O) groups is 1. The second kappa shape index (κ2) is 4.75. The van der Waals surface area contributed by atoms with Gasteiger partial charge in [0, 0.05) is 19.4 Å². The first-order valence-electron chi connectivity index (χ1n) is 6.21. The minimum Gasteiger partial charge on any atom is -0.455 e. The molecule has 0 aromatic carbocycles. The second-order valence-corrected chi connectivity index (χ2v) is 5.43. The number of alkyl halides is 1. The van der Waals surface area contributed by atoms with E-state index < -0.39 is 30.5 Å². The van der Waals surface area contributed by atoms with Crippen LogP contribution in [0.4, 0.5) is 4.39 Å². The zero-order chi connectivity index (χ0) is 15.1. The molecule has 2 N–H and O–H groups in total. The van der Waals surface area contributed by atoms with Crippen molar-refractivity contribution in [2.24, 2.45) is 5.92 Å². The fraction of sp³-hybridized carbons (Fsp3) is 0.462. The summed E-state index contributed by atoms with van der Waals surface area (Å²) in [6, 6.07) is 0. The Balaban J connectivity index is 2.48. The Morgan fingerprint density at radius 2 is 2.00 bits per heavy atom. The Morgan fingerprint density at radius 1 is 1.35 bits per heavy atom. The molecule has 0 spiro atoms. The Hall–Kier alpha value is -1.60. The van der Waals surface area contributed by atoms with Crippen LogP contribution in [0.25, 0.3) is 0 Å². The smallest absolute Gasteiger partial charge is 0.455 e. The summed E-state index contributed by atoms with van der Waals surface area (Å²) < 4.78 is 25.1. The van der Waals surface area contributed by atoms with Crippen molar-refractivity contribution in [1.82, 2.24) is 0 Å². The van der Waals surface area contributed by atoms with Gasteiger partial charge in [-0.3, -0.25) is 4.79 Å². The maximum absolute atomic E-state index is 14.5. The van der Waals surface area contributed by atoms with Gasteiger partial charge in [0.15, 0.2) is 5.92 Å². The molecule has 1 saturated heterocycles. The van der Waals surface area contributed by atoms with Crippen LogP contribution >= 0.6 is 0 Å². The van der Waals surface area contributed by atoms with Gasteiger partial charge in [-0.1, -0.05) is 18.1 Å². The lowest BCUT2D eigenvalue weighted by Gasteiger charge is -2.41. The number of halogens is 1. The topological polar surface area (TPSA) is 76.0 Å². The summed E-state index contributed by atoms with van der Waals surface area (Å²) in [5.74, 6) is -1.87. The number of allylic oxidation sites excluding steroid dienone is 4. The van der Waals surface area contributed by atoms with Gasteiger partial charge < -0.3 is 19.5 Å². The van der Waals surface area contributed by atoms with Gasteiger partial charge in [0.05, 0.1) is 0 Å². The molecule has 0 aromatic heterocycles. The highest BCUT2D eigenvalue weighted by Gasteiger charge is 2.51. The SMILES string of the molecule is CC1(C)OC(=O)C2C(=C(/C=C\B(O)O)C=CC2(C)F)O1. The predicted molar refractivity (Wildman–Crippen MR) is 69.8 cm³/mol. The molecule has 0 bridgehead atoms. The molecule has 7 heteroatoms. The van der Waals surface area contributed by atoms with E-state index in [0.29, 0.717) is 5.57 Å². The second-order valence-electron chi connectivity index (χ2n) is 5.43. The highest BCUT2D eigenvalue weighted by molar-refractivity contribution is 6.47. The standard InChI is InChI=1S/C13H16BFO5/c1-12(2)19-10-8(5-7-14(17)18)4-6-13(3,15)9(10)11(16)20-12/h4-7,9,17-18H,1-3H3/b7-5-. The van der Waals surface area contributed by atoms with E-state index in [9.17, 15) is 9.18 Å². The van der Waals surface area contributed by atoms with Crippen LogP contribution in [0.15, 0.2) is 35.5 Å². The number of carbonyl (C=O) groups excluding carboxylic acids is 1. The molecule has 2 rings (SSSR count). The van der Waals surface area contributed by atoms with Gasteiger partial charge in [0.2, 0.25) is 5.79 Å². The van der Waals surface area contributed by atoms with Crippen molar-refractivity contribution in [3.8, 4) is 0 Å². The molecule has 108 valence electrons. The first kappa shape index (κ1) is 14.8. The molecule has 1 fully saturated rings. The van der Waals surface area contributed by atoms with Crippen LogP contribution in [-0.2, 0) is 14.3 Å².